The molecule has 7 heteroatoms. The molecule has 2 aromatic rings. The third-order valence-electron chi connectivity index (χ3n) is 1.93. The molecular weight excluding hydrogens is 238 g/mol. The standard InChI is InChI=1S/C10H5F4N3/c11-5-1-2-6(10(14)9(5)13)17-8-3-7(12)15-4-16-8/h1-4H,(H,15,16,17). The Hall–Kier alpha value is -2.18. The summed E-state index contributed by atoms with van der Waals surface area (Å²) in [6.07, 6.45) is 0.912. The average molecular weight is 243 g/mol. The van der Waals surface area contributed by atoms with Gasteiger partial charge in [0.2, 0.25) is 5.95 Å². The molecule has 17 heavy (non-hydrogen) atoms. The Bertz CT molecular complexity index is 559. The topological polar surface area (TPSA) is 37.8 Å². The van der Waals surface area contributed by atoms with Gasteiger partial charge >= 0.3 is 0 Å². The third kappa shape index (κ3) is 2.32. The van der Waals surface area contributed by atoms with Crippen LogP contribution in [0, 0.1) is 23.4 Å². The summed E-state index contributed by atoms with van der Waals surface area (Å²) in [7, 11) is 0. The molecule has 0 aliphatic rings. The minimum atomic E-state index is -1.61. The second-order valence-electron chi connectivity index (χ2n) is 3.07. The molecule has 0 saturated carbocycles. The maximum absolute atomic E-state index is 13.2. The Labute approximate surface area is 93.1 Å². The normalized spacial score (nSPS) is 10.4. The van der Waals surface area contributed by atoms with Crippen molar-refractivity contribution in [3.63, 3.8) is 0 Å². The van der Waals surface area contributed by atoms with Crippen molar-refractivity contribution in [1.82, 2.24) is 9.97 Å². The molecule has 2 rings (SSSR count). The summed E-state index contributed by atoms with van der Waals surface area (Å²) in [5, 5.41) is 2.31. The van der Waals surface area contributed by atoms with Gasteiger partial charge < -0.3 is 5.32 Å². The minimum Gasteiger partial charge on any atom is -0.338 e. The highest BCUT2D eigenvalue weighted by Gasteiger charge is 2.13. The molecule has 0 amide bonds. The summed E-state index contributed by atoms with van der Waals surface area (Å²) in [6.45, 7) is 0. The van der Waals surface area contributed by atoms with Gasteiger partial charge in [0.25, 0.3) is 0 Å². The fourth-order valence-electron chi connectivity index (χ4n) is 1.16. The SMILES string of the molecule is Fc1cc(Nc2ccc(F)c(F)c2F)ncn1. The van der Waals surface area contributed by atoms with Crippen LogP contribution in [0.1, 0.15) is 0 Å². The van der Waals surface area contributed by atoms with E-state index in [0.29, 0.717) is 0 Å². The van der Waals surface area contributed by atoms with Gasteiger partial charge in [-0.15, -0.1) is 0 Å². The van der Waals surface area contributed by atoms with Crippen LogP contribution in [0.4, 0.5) is 29.1 Å². The third-order valence-corrected chi connectivity index (χ3v) is 1.93. The van der Waals surface area contributed by atoms with Crippen molar-refractivity contribution >= 4 is 11.5 Å². The largest absolute Gasteiger partial charge is 0.338 e. The van der Waals surface area contributed by atoms with Crippen molar-refractivity contribution < 1.29 is 17.6 Å². The molecule has 1 aromatic carbocycles. The van der Waals surface area contributed by atoms with E-state index >= 15 is 0 Å². The zero-order valence-corrected chi connectivity index (χ0v) is 8.22. The van der Waals surface area contributed by atoms with E-state index in [1.165, 1.54) is 0 Å². The van der Waals surface area contributed by atoms with E-state index in [2.05, 4.69) is 15.3 Å². The Morgan fingerprint density at radius 1 is 0.941 bits per heavy atom. The molecule has 1 aromatic heterocycles. The summed E-state index contributed by atoms with van der Waals surface area (Å²) in [5.74, 6) is -5.21. The Balaban J connectivity index is 2.34. The summed E-state index contributed by atoms with van der Waals surface area (Å²) in [5.41, 5.74) is -0.345. The quantitative estimate of drug-likeness (QED) is 0.500. The summed E-state index contributed by atoms with van der Waals surface area (Å²) in [4.78, 5) is 6.77. The summed E-state index contributed by atoms with van der Waals surface area (Å²) < 4.78 is 51.4. The first kappa shape index (κ1) is 11.3. The molecule has 88 valence electrons. The molecule has 0 unspecified atom stereocenters. The van der Waals surface area contributed by atoms with Crippen LogP contribution in [0.5, 0.6) is 0 Å². The molecule has 0 bridgehead atoms. The number of hydrogen-bond acceptors (Lipinski definition) is 3. The fourth-order valence-corrected chi connectivity index (χ4v) is 1.16. The monoisotopic (exact) mass is 243 g/mol. The van der Waals surface area contributed by atoms with E-state index in [4.69, 9.17) is 0 Å². The predicted octanol–water partition coefficient (Wildman–Crippen LogP) is 2.78. The van der Waals surface area contributed by atoms with Gasteiger partial charge in [0, 0.05) is 6.07 Å². The molecule has 1 heterocycles. The van der Waals surface area contributed by atoms with E-state index in [-0.39, 0.29) is 11.5 Å². The Morgan fingerprint density at radius 2 is 1.71 bits per heavy atom. The van der Waals surface area contributed by atoms with E-state index in [1.54, 1.807) is 0 Å². The van der Waals surface area contributed by atoms with Crippen LogP contribution in [-0.2, 0) is 0 Å². The van der Waals surface area contributed by atoms with E-state index in [0.717, 1.165) is 24.5 Å². The number of anilines is 2. The first-order valence-corrected chi connectivity index (χ1v) is 4.46. The number of rotatable bonds is 2. The maximum Gasteiger partial charge on any atom is 0.218 e. The van der Waals surface area contributed by atoms with E-state index < -0.39 is 23.4 Å². The molecule has 1 N–H and O–H groups in total. The lowest BCUT2D eigenvalue weighted by Crippen LogP contribution is -2.01. The molecule has 0 saturated heterocycles. The molecule has 3 nitrogen and oxygen atoms in total. The van der Waals surface area contributed by atoms with Crippen LogP contribution in [0.3, 0.4) is 0 Å². The molecule has 0 aliphatic carbocycles. The molecule has 0 radical (unpaired) electrons. The van der Waals surface area contributed by atoms with Crippen LogP contribution >= 0.6 is 0 Å². The van der Waals surface area contributed by atoms with Gasteiger partial charge in [-0.25, -0.2) is 23.1 Å². The van der Waals surface area contributed by atoms with Crippen LogP contribution in [-0.4, -0.2) is 9.97 Å². The highest BCUT2D eigenvalue weighted by Crippen LogP contribution is 2.22. The lowest BCUT2D eigenvalue weighted by atomic mass is 10.3. The van der Waals surface area contributed by atoms with Crippen LogP contribution in [0.25, 0.3) is 0 Å². The lowest BCUT2D eigenvalue weighted by Gasteiger charge is -2.07. The molecule has 0 atom stereocenters. The van der Waals surface area contributed by atoms with Crippen LogP contribution in [0.15, 0.2) is 24.5 Å². The number of nitrogens with zero attached hydrogens (tertiary/aromatic N) is 2. The van der Waals surface area contributed by atoms with Crippen LogP contribution in [0.2, 0.25) is 0 Å². The van der Waals surface area contributed by atoms with Gasteiger partial charge in [-0.3, -0.25) is 0 Å². The van der Waals surface area contributed by atoms with Gasteiger partial charge in [-0.05, 0) is 12.1 Å². The predicted molar refractivity (Wildman–Crippen MR) is 51.6 cm³/mol. The number of nitrogens with one attached hydrogen (secondary N) is 1. The second-order valence-corrected chi connectivity index (χ2v) is 3.07. The van der Waals surface area contributed by atoms with Crippen LogP contribution < -0.4 is 5.32 Å². The van der Waals surface area contributed by atoms with Gasteiger partial charge in [0.15, 0.2) is 17.5 Å². The summed E-state index contributed by atoms with van der Waals surface area (Å²) in [6, 6.07) is 2.62. The number of aromatic nitrogens is 2. The second kappa shape index (κ2) is 4.36. The molecule has 0 aliphatic heterocycles. The maximum atomic E-state index is 13.2. The van der Waals surface area contributed by atoms with Gasteiger partial charge in [-0.1, -0.05) is 0 Å². The number of halogens is 4. The van der Waals surface area contributed by atoms with E-state index in [9.17, 15) is 17.6 Å². The Kier molecular flexibility index (Phi) is 2.90. The smallest absolute Gasteiger partial charge is 0.218 e. The lowest BCUT2D eigenvalue weighted by molar-refractivity contribution is 0.449. The fraction of sp³-hybridized carbons (Fsp3) is 0. The molecule has 0 spiro atoms. The van der Waals surface area contributed by atoms with Gasteiger partial charge in [-0.2, -0.15) is 4.39 Å². The molecular formula is C10H5F4N3. The summed E-state index contributed by atoms with van der Waals surface area (Å²) >= 11 is 0. The van der Waals surface area contributed by atoms with Crippen molar-refractivity contribution in [3.05, 3.63) is 47.9 Å². The minimum absolute atomic E-state index is 0.0672. The zero-order valence-electron chi connectivity index (χ0n) is 8.22. The highest BCUT2D eigenvalue weighted by atomic mass is 19.2. The first-order valence-electron chi connectivity index (χ1n) is 4.46. The van der Waals surface area contributed by atoms with Crippen molar-refractivity contribution in [1.29, 1.82) is 0 Å². The number of benzene rings is 1. The van der Waals surface area contributed by atoms with Crippen molar-refractivity contribution in [3.8, 4) is 0 Å². The van der Waals surface area contributed by atoms with Crippen molar-refractivity contribution in [2.75, 3.05) is 5.32 Å². The molecule has 0 fully saturated rings. The van der Waals surface area contributed by atoms with E-state index in [1.807, 2.05) is 0 Å². The van der Waals surface area contributed by atoms with Gasteiger partial charge in [0.1, 0.15) is 12.1 Å². The van der Waals surface area contributed by atoms with Gasteiger partial charge in [0.05, 0.1) is 5.69 Å². The zero-order chi connectivity index (χ0) is 12.4. The van der Waals surface area contributed by atoms with Crippen molar-refractivity contribution in [2.45, 2.75) is 0 Å². The van der Waals surface area contributed by atoms with Crippen molar-refractivity contribution in [2.24, 2.45) is 0 Å². The number of hydrogen-bond donors (Lipinski definition) is 1. The average Bonchev–Trinajstić information content (AvgIpc) is 2.30. The Morgan fingerprint density at radius 3 is 2.41 bits per heavy atom. The first-order chi connectivity index (χ1) is 8.08. The highest BCUT2D eigenvalue weighted by molar-refractivity contribution is 5.56.